The zero-order valence-corrected chi connectivity index (χ0v) is 10.8. The summed E-state index contributed by atoms with van der Waals surface area (Å²) in [5.74, 6) is 1.69. The van der Waals surface area contributed by atoms with Gasteiger partial charge in [0.1, 0.15) is 0 Å². The van der Waals surface area contributed by atoms with Gasteiger partial charge in [-0.05, 0) is 18.1 Å². The Morgan fingerprint density at radius 1 is 1.56 bits per heavy atom. The SMILES string of the molecule is C#CCN(CC(=O)O)CC1Cc2ccccc2S1. The molecule has 0 amide bonds. The summed E-state index contributed by atoms with van der Waals surface area (Å²) in [5, 5.41) is 9.24. The lowest BCUT2D eigenvalue weighted by Gasteiger charge is -2.20. The van der Waals surface area contributed by atoms with E-state index in [0.717, 1.165) is 13.0 Å². The molecule has 1 aliphatic rings. The maximum atomic E-state index is 10.8. The number of hydrogen-bond donors (Lipinski definition) is 1. The molecule has 4 heteroatoms. The highest BCUT2D eigenvalue weighted by Crippen LogP contribution is 2.36. The fourth-order valence-corrected chi connectivity index (χ4v) is 3.52. The number of carboxylic acids is 1. The predicted molar refractivity (Wildman–Crippen MR) is 72.7 cm³/mol. The lowest BCUT2D eigenvalue weighted by molar-refractivity contribution is -0.138. The molecule has 0 bridgehead atoms. The molecule has 0 spiro atoms. The largest absolute Gasteiger partial charge is 0.480 e. The molecule has 18 heavy (non-hydrogen) atoms. The van der Waals surface area contributed by atoms with Crippen molar-refractivity contribution >= 4 is 17.7 Å². The third-order valence-corrected chi connectivity index (χ3v) is 4.15. The molecule has 1 aliphatic heterocycles. The molecule has 0 saturated carbocycles. The number of rotatable bonds is 5. The minimum Gasteiger partial charge on any atom is -0.480 e. The summed E-state index contributed by atoms with van der Waals surface area (Å²) >= 11 is 1.81. The van der Waals surface area contributed by atoms with Crippen molar-refractivity contribution in [2.75, 3.05) is 19.6 Å². The van der Waals surface area contributed by atoms with Crippen molar-refractivity contribution in [3.8, 4) is 12.3 Å². The molecule has 0 aromatic heterocycles. The second kappa shape index (κ2) is 5.94. The van der Waals surface area contributed by atoms with E-state index in [-0.39, 0.29) is 6.54 Å². The monoisotopic (exact) mass is 261 g/mol. The molecule has 1 unspecified atom stereocenters. The minimum absolute atomic E-state index is 0.0115. The van der Waals surface area contributed by atoms with Crippen molar-refractivity contribution < 1.29 is 9.90 Å². The van der Waals surface area contributed by atoms with Gasteiger partial charge in [-0.15, -0.1) is 18.2 Å². The number of thioether (sulfide) groups is 1. The van der Waals surface area contributed by atoms with Gasteiger partial charge in [-0.3, -0.25) is 9.69 Å². The number of benzene rings is 1. The maximum absolute atomic E-state index is 10.8. The van der Waals surface area contributed by atoms with Crippen LogP contribution in [0.4, 0.5) is 0 Å². The number of hydrogen-bond acceptors (Lipinski definition) is 3. The van der Waals surface area contributed by atoms with Crippen LogP contribution in [0, 0.1) is 12.3 Å². The van der Waals surface area contributed by atoms with Gasteiger partial charge in [-0.25, -0.2) is 0 Å². The van der Waals surface area contributed by atoms with Crippen LogP contribution in [0.15, 0.2) is 29.2 Å². The van der Waals surface area contributed by atoms with Crippen LogP contribution in [-0.2, 0) is 11.2 Å². The van der Waals surface area contributed by atoms with E-state index in [1.54, 1.807) is 0 Å². The molecular weight excluding hydrogens is 246 g/mol. The molecule has 1 aromatic rings. The van der Waals surface area contributed by atoms with E-state index in [9.17, 15) is 4.79 Å². The smallest absolute Gasteiger partial charge is 0.317 e. The summed E-state index contributed by atoms with van der Waals surface area (Å²) in [4.78, 5) is 13.9. The molecule has 94 valence electrons. The van der Waals surface area contributed by atoms with Gasteiger partial charge in [-0.2, -0.15) is 0 Å². The van der Waals surface area contributed by atoms with Gasteiger partial charge < -0.3 is 5.11 Å². The first-order valence-corrected chi connectivity index (χ1v) is 6.69. The zero-order chi connectivity index (χ0) is 13.0. The van der Waals surface area contributed by atoms with E-state index in [1.807, 2.05) is 28.8 Å². The Morgan fingerprint density at radius 3 is 3.00 bits per heavy atom. The molecule has 1 heterocycles. The summed E-state index contributed by atoms with van der Waals surface area (Å²) in [7, 11) is 0. The van der Waals surface area contributed by atoms with Gasteiger partial charge in [0, 0.05) is 16.7 Å². The highest BCUT2D eigenvalue weighted by molar-refractivity contribution is 8.00. The number of carbonyl (C=O) groups is 1. The number of nitrogens with zero attached hydrogens (tertiary/aromatic N) is 1. The molecule has 1 N–H and O–H groups in total. The van der Waals surface area contributed by atoms with E-state index < -0.39 is 5.97 Å². The molecule has 2 rings (SSSR count). The van der Waals surface area contributed by atoms with Crippen LogP contribution in [0.2, 0.25) is 0 Å². The second-order valence-electron chi connectivity index (χ2n) is 4.32. The van der Waals surface area contributed by atoms with Crippen molar-refractivity contribution in [1.82, 2.24) is 4.90 Å². The molecule has 0 radical (unpaired) electrons. The third kappa shape index (κ3) is 3.28. The molecule has 0 saturated heterocycles. The molecular formula is C14H15NO2S. The van der Waals surface area contributed by atoms with Gasteiger partial charge in [0.25, 0.3) is 0 Å². The molecule has 0 aliphatic carbocycles. The van der Waals surface area contributed by atoms with Crippen molar-refractivity contribution in [3.63, 3.8) is 0 Å². The normalized spacial score (nSPS) is 17.4. The first kappa shape index (κ1) is 13.0. The van der Waals surface area contributed by atoms with Crippen LogP contribution >= 0.6 is 11.8 Å². The van der Waals surface area contributed by atoms with E-state index in [1.165, 1.54) is 10.5 Å². The molecule has 3 nitrogen and oxygen atoms in total. The van der Waals surface area contributed by atoms with E-state index in [2.05, 4.69) is 18.1 Å². The minimum atomic E-state index is -0.828. The molecule has 1 aromatic carbocycles. The Kier molecular flexibility index (Phi) is 4.29. The highest BCUT2D eigenvalue weighted by Gasteiger charge is 2.24. The fraction of sp³-hybridized carbons (Fsp3) is 0.357. The van der Waals surface area contributed by atoms with E-state index in [0.29, 0.717) is 11.8 Å². The highest BCUT2D eigenvalue weighted by atomic mass is 32.2. The Morgan fingerprint density at radius 2 is 2.33 bits per heavy atom. The Labute approximate surface area is 111 Å². The average molecular weight is 261 g/mol. The van der Waals surface area contributed by atoms with Gasteiger partial charge in [-0.1, -0.05) is 24.1 Å². The number of carboxylic acid groups (broad SMARTS) is 1. The Hall–Kier alpha value is -1.44. The summed E-state index contributed by atoms with van der Waals surface area (Å²) in [6.45, 7) is 1.12. The topological polar surface area (TPSA) is 40.5 Å². The quantitative estimate of drug-likeness (QED) is 0.819. The van der Waals surface area contributed by atoms with Crippen LogP contribution in [0.25, 0.3) is 0 Å². The zero-order valence-electron chi connectivity index (χ0n) is 10.0. The van der Waals surface area contributed by atoms with Crippen LogP contribution in [0.3, 0.4) is 0 Å². The fourth-order valence-electron chi connectivity index (χ4n) is 2.15. The van der Waals surface area contributed by atoms with Crippen molar-refractivity contribution in [1.29, 1.82) is 0 Å². The van der Waals surface area contributed by atoms with Crippen molar-refractivity contribution in [2.24, 2.45) is 0 Å². The summed E-state index contributed by atoms with van der Waals surface area (Å²) in [6.07, 6.45) is 6.26. The summed E-state index contributed by atoms with van der Waals surface area (Å²) < 4.78 is 0. The van der Waals surface area contributed by atoms with Crippen LogP contribution in [0.5, 0.6) is 0 Å². The summed E-state index contributed by atoms with van der Waals surface area (Å²) in [5.41, 5.74) is 1.35. The maximum Gasteiger partial charge on any atom is 0.317 e. The number of fused-ring (bicyclic) bond motifs is 1. The summed E-state index contributed by atoms with van der Waals surface area (Å²) in [6, 6.07) is 8.32. The third-order valence-electron chi connectivity index (χ3n) is 2.85. The Bertz CT molecular complexity index is 456. The number of aliphatic carboxylic acids is 1. The predicted octanol–water partition coefficient (Wildman–Crippen LogP) is 1.72. The standard InChI is InChI=1S/C14H15NO2S/c1-2-7-15(10-14(16)17)9-12-8-11-5-3-4-6-13(11)18-12/h1,3-6,12H,7-10H2,(H,16,17). The van der Waals surface area contributed by atoms with Gasteiger partial charge >= 0.3 is 5.97 Å². The Balaban J connectivity index is 1.94. The lowest BCUT2D eigenvalue weighted by atomic mass is 10.1. The van der Waals surface area contributed by atoms with Crippen LogP contribution < -0.4 is 0 Å². The van der Waals surface area contributed by atoms with Crippen LogP contribution in [0.1, 0.15) is 5.56 Å². The first-order chi connectivity index (χ1) is 8.69. The van der Waals surface area contributed by atoms with Gasteiger partial charge in [0.05, 0.1) is 13.1 Å². The molecule has 0 fully saturated rings. The molecule has 1 atom stereocenters. The van der Waals surface area contributed by atoms with Gasteiger partial charge in [0.2, 0.25) is 0 Å². The van der Waals surface area contributed by atoms with E-state index >= 15 is 0 Å². The van der Waals surface area contributed by atoms with E-state index in [4.69, 9.17) is 11.5 Å². The average Bonchev–Trinajstić information content (AvgIpc) is 2.70. The van der Waals surface area contributed by atoms with Crippen molar-refractivity contribution in [2.45, 2.75) is 16.6 Å². The van der Waals surface area contributed by atoms with Crippen LogP contribution in [-0.4, -0.2) is 40.9 Å². The lowest BCUT2D eigenvalue weighted by Crippen LogP contribution is -2.35. The van der Waals surface area contributed by atoms with Gasteiger partial charge in [0.15, 0.2) is 0 Å². The number of terminal acetylenes is 1. The van der Waals surface area contributed by atoms with Crippen molar-refractivity contribution in [3.05, 3.63) is 29.8 Å². The first-order valence-electron chi connectivity index (χ1n) is 5.81. The second-order valence-corrected chi connectivity index (χ2v) is 5.66.